The Balaban J connectivity index is 1.78. The number of urea groups is 1. The van der Waals surface area contributed by atoms with Gasteiger partial charge in [-0.1, -0.05) is 13.0 Å². The molecule has 1 N–H and O–H groups in total. The predicted molar refractivity (Wildman–Crippen MR) is 94.2 cm³/mol. The predicted octanol–water partition coefficient (Wildman–Crippen LogP) is 1.46. The third-order valence-electron chi connectivity index (χ3n) is 4.15. The molecule has 2 amide bonds. The van der Waals surface area contributed by atoms with Crippen LogP contribution in [0.3, 0.4) is 0 Å². The summed E-state index contributed by atoms with van der Waals surface area (Å²) in [4.78, 5) is 20.7. The summed E-state index contributed by atoms with van der Waals surface area (Å²) in [6.07, 6.45) is 5.17. The third-order valence-corrected chi connectivity index (χ3v) is 5.52. The number of aromatic nitrogens is 1. The summed E-state index contributed by atoms with van der Waals surface area (Å²) in [7, 11) is -0.837. The highest BCUT2D eigenvalue weighted by molar-refractivity contribution is 7.84. The van der Waals surface area contributed by atoms with Crippen molar-refractivity contribution < 1.29 is 9.00 Å². The monoisotopic (exact) mass is 338 g/mol. The minimum atomic E-state index is -0.837. The molecule has 1 aromatic rings. The largest absolute Gasteiger partial charge is 0.355 e. The fourth-order valence-corrected chi connectivity index (χ4v) is 3.00. The fraction of sp³-hybridized carbons (Fsp3) is 0.625. The average molecular weight is 338 g/mol. The Morgan fingerprint density at radius 1 is 1.35 bits per heavy atom. The smallest absolute Gasteiger partial charge is 0.317 e. The standard InChI is InChI=1S/C16H26N4O2S/c1-14(23(2)22)7-9-18-16(21)20-11-5-10-19(12-13-20)15-6-3-4-8-17-15/h3-4,6,8,14H,5,7,9-13H2,1-2H3,(H,18,21)/t14-,23-/m1/s1. The second kappa shape index (κ2) is 8.86. The molecular weight excluding hydrogens is 312 g/mol. The van der Waals surface area contributed by atoms with E-state index in [-0.39, 0.29) is 11.3 Å². The van der Waals surface area contributed by atoms with Crippen LogP contribution in [-0.2, 0) is 10.8 Å². The number of pyridine rings is 1. The Hall–Kier alpha value is -1.63. The van der Waals surface area contributed by atoms with Gasteiger partial charge < -0.3 is 15.1 Å². The van der Waals surface area contributed by atoms with Gasteiger partial charge in [-0.05, 0) is 25.0 Å². The van der Waals surface area contributed by atoms with Crippen LogP contribution in [0.2, 0.25) is 0 Å². The van der Waals surface area contributed by atoms with E-state index in [4.69, 9.17) is 0 Å². The SMILES string of the molecule is C[C@H](CCNC(=O)N1CCCN(c2ccccn2)CC1)[S@@](C)=O. The normalized spacial score (nSPS) is 18.2. The number of carbonyl (C=O) groups is 1. The van der Waals surface area contributed by atoms with Crippen LogP contribution in [0.4, 0.5) is 10.6 Å². The second-order valence-electron chi connectivity index (χ2n) is 5.85. The molecule has 0 saturated carbocycles. The lowest BCUT2D eigenvalue weighted by Crippen LogP contribution is -2.42. The summed E-state index contributed by atoms with van der Waals surface area (Å²) in [6, 6.07) is 5.87. The molecule has 2 heterocycles. The summed E-state index contributed by atoms with van der Waals surface area (Å²) in [5.41, 5.74) is 0. The number of hydrogen-bond donors (Lipinski definition) is 1. The van der Waals surface area contributed by atoms with Gasteiger partial charge in [-0.3, -0.25) is 4.21 Å². The molecule has 0 aromatic carbocycles. The summed E-state index contributed by atoms with van der Waals surface area (Å²) in [6.45, 7) is 5.66. The van der Waals surface area contributed by atoms with Crippen molar-refractivity contribution in [3.8, 4) is 0 Å². The van der Waals surface area contributed by atoms with E-state index in [1.54, 1.807) is 12.5 Å². The molecule has 7 heteroatoms. The van der Waals surface area contributed by atoms with Crippen LogP contribution in [0.25, 0.3) is 0 Å². The van der Waals surface area contributed by atoms with Crippen molar-refractivity contribution in [3.63, 3.8) is 0 Å². The molecule has 1 aliphatic heterocycles. The Bertz CT molecular complexity index is 526. The minimum Gasteiger partial charge on any atom is -0.355 e. The van der Waals surface area contributed by atoms with E-state index in [0.29, 0.717) is 13.1 Å². The molecule has 1 saturated heterocycles. The molecule has 128 valence electrons. The van der Waals surface area contributed by atoms with Crippen molar-refractivity contribution in [1.29, 1.82) is 0 Å². The average Bonchev–Trinajstić information content (AvgIpc) is 2.81. The van der Waals surface area contributed by atoms with Crippen LogP contribution >= 0.6 is 0 Å². The van der Waals surface area contributed by atoms with Crippen LogP contribution in [0, 0.1) is 0 Å². The molecule has 1 fully saturated rings. The van der Waals surface area contributed by atoms with Gasteiger partial charge in [0.05, 0.1) is 0 Å². The summed E-state index contributed by atoms with van der Waals surface area (Å²) >= 11 is 0. The van der Waals surface area contributed by atoms with E-state index in [1.807, 2.05) is 30.0 Å². The summed E-state index contributed by atoms with van der Waals surface area (Å²) in [5, 5.41) is 3.05. The molecule has 2 rings (SSSR count). The van der Waals surface area contributed by atoms with Crippen molar-refractivity contribution in [3.05, 3.63) is 24.4 Å². The van der Waals surface area contributed by atoms with E-state index >= 15 is 0 Å². The van der Waals surface area contributed by atoms with Crippen molar-refractivity contribution in [2.24, 2.45) is 0 Å². The molecule has 1 aromatic heterocycles. The van der Waals surface area contributed by atoms with Gasteiger partial charge >= 0.3 is 6.03 Å². The highest BCUT2D eigenvalue weighted by atomic mass is 32.2. The van der Waals surface area contributed by atoms with Gasteiger partial charge in [-0.25, -0.2) is 9.78 Å². The van der Waals surface area contributed by atoms with Gasteiger partial charge in [0.25, 0.3) is 0 Å². The Labute approximate surface area is 140 Å². The maximum atomic E-state index is 12.3. The minimum absolute atomic E-state index is 0.0260. The highest BCUT2D eigenvalue weighted by Gasteiger charge is 2.19. The first-order chi connectivity index (χ1) is 11.1. The number of nitrogens with zero attached hydrogens (tertiary/aromatic N) is 3. The van der Waals surface area contributed by atoms with Crippen LogP contribution in [0.15, 0.2) is 24.4 Å². The Morgan fingerprint density at radius 2 is 2.17 bits per heavy atom. The highest BCUT2D eigenvalue weighted by Crippen LogP contribution is 2.12. The topological polar surface area (TPSA) is 65.5 Å². The van der Waals surface area contributed by atoms with Gasteiger partial charge in [0.15, 0.2) is 0 Å². The van der Waals surface area contributed by atoms with Crippen molar-refractivity contribution >= 4 is 22.6 Å². The first-order valence-corrected chi connectivity index (χ1v) is 9.71. The third kappa shape index (κ3) is 5.49. The molecule has 0 bridgehead atoms. The van der Waals surface area contributed by atoms with Crippen molar-refractivity contribution in [2.75, 3.05) is 43.9 Å². The van der Waals surface area contributed by atoms with E-state index in [9.17, 15) is 9.00 Å². The molecule has 1 aliphatic rings. The molecule has 6 nitrogen and oxygen atoms in total. The zero-order valence-corrected chi connectivity index (χ0v) is 14.7. The van der Waals surface area contributed by atoms with Crippen LogP contribution < -0.4 is 10.2 Å². The van der Waals surface area contributed by atoms with Crippen molar-refractivity contribution in [2.45, 2.75) is 25.0 Å². The van der Waals surface area contributed by atoms with Gasteiger partial charge in [0, 0.05) is 61.2 Å². The maximum absolute atomic E-state index is 12.3. The van der Waals surface area contributed by atoms with Crippen molar-refractivity contribution in [1.82, 2.24) is 15.2 Å². The number of rotatable bonds is 5. The van der Waals surface area contributed by atoms with Gasteiger partial charge in [0.1, 0.15) is 5.82 Å². The Morgan fingerprint density at radius 3 is 2.87 bits per heavy atom. The van der Waals surface area contributed by atoms with Crippen LogP contribution in [-0.4, -0.2) is 64.4 Å². The van der Waals surface area contributed by atoms with E-state index in [0.717, 1.165) is 38.3 Å². The Kier molecular flexibility index (Phi) is 6.83. The molecule has 0 unspecified atom stereocenters. The molecule has 0 radical (unpaired) electrons. The number of nitrogens with one attached hydrogen (secondary N) is 1. The lowest BCUT2D eigenvalue weighted by atomic mass is 10.3. The quantitative estimate of drug-likeness (QED) is 0.883. The van der Waals surface area contributed by atoms with E-state index < -0.39 is 10.8 Å². The lowest BCUT2D eigenvalue weighted by Gasteiger charge is -2.23. The van der Waals surface area contributed by atoms with Crippen LogP contribution in [0.5, 0.6) is 0 Å². The van der Waals surface area contributed by atoms with E-state index in [1.165, 1.54) is 0 Å². The molecule has 0 spiro atoms. The molecule has 2 atom stereocenters. The number of anilines is 1. The fourth-order valence-electron chi connectivity index (χ4n) is 2.55. The first kappa shape index (κ1) is 17.7. The second-order valence-corrected chi connectivity index (χ2v) is 7.65. The number of carbonyl (C=O) groups excluding carboxylic acids is 1. The zero-order valence-electron chi connectivity index (χ0n) is 13.9. The summed E-state index contributed by atoms with van der Waals surface area (Å²) < 4.78 is 11.3. The van der Waals surface area contributed by atoms with E-state index in [2.05, 4.69) is 15.2 Å². The number of hydrogen-bond acceptors (Lipinski definition) is 4. The van der Waals surface area contributed by atoms with Gasteiger partial charge in [0.2, 0.25) is 0 Å². The molecule has 0 aliphatic carbocycles. The van der Waals surface area contributed by atoms with Gasteiger partial charge in [-0.15, -0.1) is 0 Å². The molecular formula is C16H26N4O2S. The van der Waals surface area contributed by atoms with Crippen LogP contribution in [0.1, 0.15) is 19.8 Å². The molecule has 23 heavy (non-hydrogen) atoms. The maximum Gasteiger partial charge on any atom is 0.317 e. The number of amides is 2. The lowest BCUT2D eigenvalue weighted by molar-refractivity contribution is 0.201. The summed E-state index contributed by atoms with van der Waals surface area (Å²) in [5.74, 6) is 0.967. The van der Waals surface area contributed by atoms with Gasteiger partial charge in [-0.2, -0.15) is 0 Å². The zero-order chi connectivity index (χ0) is 16.7. The first-order valence-electron chi connectivity index (χ1n) is 8.09.